The number of methoxy groups -OCH3 is 1. The van der Waals surface area contributed by atoms with E-state index in [1.807, 2.05) is 6.92 Å². The molecule has 0 aromatic carbocycles. The lowest BCUT2D eigenvalue weighted by Crippen LogP contribution is -2.51. The van der Waals surface area contributed by atoms with Crippen LogP contribution in [0.15, 0.2) is 6.07 Å². The molecule has 0 aliphatic carbocycles. The maximum atomic E-state index is 12.0. The Labute approximate surface area is 129 Å². The van der Waals surface area contributed by atoms with Gasteiger partial charge in [-0.25, -0.2) is 0 Å². The van der Waals surface area contributed by atoms with Gasteiger partial charge in [-0.2, -0.15) is 5.10 Å². The van der Waals surface area contributed by atoms with Gasteiger partial charge in [-0.05, 0) is 13.0 Å². The third-order valence-corrected chi connectivity index (χ3v) is 3.62. The van der Waals surface area contributed by atoms with Crippen molar-refractivity contribution in [2.75, 3.05) is 40.0 Å². The molecule has 8 heteroatoms. The summed E-state index contributed by atoms with van der Waals surface area (Å²) in [6.45, 7) is 3.72. The van der Waals surface area contributed by atoms with Crippen LogP contribution in [0.25, 0.3) is 0 Å². The number of ether oxygens (including phenoxy) is 2. The van der Waals surface area contributed by atoms with Gasteiger partial charge in [0.15, 0.2) is 0 Å². The number of rotatable bonds is 6. The van der Waals surface area contributed by atoms with Crippen molar-refractivity contribution in [1.82, 2.24) is 20.0 Å². The van der Waals surface area contributed by atoms with Gasteiger partial charge in [-0.3, -0.25) is 14.3 Å². The second-order valence-electron chi connectivity index (χ2n) is 5.27. The molecule has 8 nitrogen and oxygen atoms in total. The summed E-state index contributed by atoms with van der Waals surface area (Å²) >= 11 is 0. The van der Waals surface area contributed by atoms with Crippen LogP contribution in [0.1, 0.15) is 16.2 Å². The summed E-state index contributed by atoms with van der Waals surface area (Å²) in [6, 6.07) is 1.73. The lowest BCUT2D eigenvalue weighted by Gasteiger charge is -2.32. The molecular weight excluding hydrogens is 288 g/mol. The first kappa shape index (κ1) is 16.4. The van der Waals surface area contributed by atoms with Crippen molar-refractivity contribution in [1.29, 1.82) is 0 Å². The summed E-state index contributed by atoms with van der Waals surface area (Å²) in [6.07, 6.45) is -0.219. The monoisotopic (exact) mass is 310 g/mol. The first-order chi connectivity index (χ1) is 10.5. The standard InChI is InChI=1S/C14H22N4O4/c1-10-6-12(16-17(10)2)14(20)15-7-11-8-18(4-5-21-3)13(19)9-22-11/h6,11H,4-5,7-9H2,1-3H3,(H,15,20). The smallest absolute Gasteiger partial charge is 0.271 e. The van der Waals surface area contributed by atoms with Gasteiger partial charge in [0.1, 0.15) is 12.3 Å². The van der Waals surface area contributed by atoms with Gasteiger partial charge < -0.3 is 19.7 Å². The lowest BCUT2D eigenvalue weighted by molar-refractivity contribution is -0.149. The molecule has 1 aromatic heterocycles. The number of hydrogen-bond donors (Lipinski definition) is 1. The normalized spacial score (nSPS) is 18.6. The quantitative estimate of drug-likeness (QED) is 0.753. The summed E-state index contributed by atoms with van der Waals surface area (Å²) in [7, 11) is 3.38. The van der Waals surface area contributed by atoms with Crippen molar-refractivity contribution in [3.8, 4) is 0 Å². The van der Waals surface area contributed by atoms with Crippen LogP contribution in [-0.2, 0) is 21.3 Å². The zero-order valence-corrected chi connectivity index (χ0v) is 13.2. The molecule has 1 fully saturated rings. The van der Waals surface area contributed by atoms with Gasteiger partial charge >= 0.3 is 0 Å². The maximum absolute atomic E-state index is 12.0. The van der Waals surface area contributed by atoms with Crippen LogP contribution in [0.5, 0.6) is 0 Å². The Bertz CT molecular complexity index is 523. The summed E-state index contributed by atoms with van der Waals surface area (Å²) in [5.74, 6) is -0.299. The van der Waals surface area contributed by atoms with Crippen LogP contribution in [0, 0.1) is 6.92 Å². The molecule has 1 aromatic rings. The Kier molecular flexibility index (Phi) is 5.51. The fourth-order valence-corrected chi connectivity index (χ4v) is 2.19. The van der Waals surface area contributed by atoms with Gasteiger partial charge in [0.2, 0.25) is 5.91 Å². The first-order valence-electron chi connectivity index (χ1n) is 7.18. The molecule has 2 heterocycles. The Hall–Kier alpha value is -1.93. The van der Waals surface area contributed by atoms with Crippen molar-refractivity contribution in [2.45, 2.75) is 13.0 Å². The van der Waals surface area contributed by atoms with Crippen LogP contribution in [0.2, 0.25) is 0 Å². The number of carbonyl (C=O) groups is 2. The van der Waals surface area contributed by atoms with Crippen molar-refractivity contribution in [2.24, 2.45) is 7.05 Å². The average Bonchev–Trinajstić information content (AvgIpc) is 2.84. The van der Waals surface area contributed by atoms with E-state index >= 15 is 0 Å². The molecule has 1 aliphatic rings. The van der Waals surface area contributed by atoms with Crippen LogP contribution < -0.4 is 5.32 Å². The van der Waals surface area contributed by atoms with Gasteiger partial charge in [0.25, 0.3) is 5.91 Å². The zero-order chi connectivity index (χ0) is 16.1. The molecule has 0 spiro atoms. The third-order valence-electron chi connectivity index (χ3n) is 3.62. The topological polar surface area (TPSA) is 85.7 Å². The molecule has 22 heavy (non-hydrogen) atoms. The highest BCUT2D eigenvalue weighted by molar-refractivity contribution is 5.92. The van der Waals surface area contributed by atoms with Gasteiger partial charge in [0, 0.05) is 39.5 Å². The SMILES string of the molecule is COCCN1CC(CNC(=O)c2cc(C)n(C)n2)OCC1=O. The van der Waals surface area contributed by atoms with Crippen LogP contribution >= 0.6 is 0 Å². The predicted octanol–water partition coefficient (Wildman–Crippen LogP) is -0.668. The molecule has 1 saturated heterocycles. The second kappa shape index (κ2) is 7.37. The number of hydrogen-bond acceptors (Lipinski definition) is 5. The van der Waals surface area contributed by atoms with E-state index in [2.05, 4.69) is 10.4 Å². The van der Waals surface area contributed by atoms with E-state index in [4.69, 9.17) is 9.47 Å². The highest BCUT2D eigenvalue weighted by atomic mass is 16.5. The Morgan fingerprint density at radius 1 is 1.59 bits per heavy atom. The first-order valence-corrected chi connectivity index (χ1v) is 7.18. The van der Waals surface area contributed by atoms with Gasteiger partial charge in [0.05, 0.1) is 12.7 Å². The molecule has 122 valence electrons. The van der Waals surface area contributed by atoms with Crippen molar-refractivity contribution in [3.63, 3.8) is 0 Å². The van der Waals surface area contributed by atoms with Crippen molar-refractivity contribution < 1.29 is 19.1 Å². The van der Waals surface area contributed by atoms with E-state index in [0.29, 0.717) is 31.9 Å². The minimum Gasteiger partial charge on any atom is -0.383 e. The molecule has 1 N–H and O–H groups in total. The van der Waals surface area contributed by atoms with Crippen molar-refractivity contribution >= 4 is 11.8 Å². The Balaban J connectivity index is 1.83. The molecule has 0 bridgehead atoms. The van der Waals surface area contributed by atoms with E-state index < -0.39 is 0 Å². The molecule has 0 saturated carbocycles. The molecular formula is C14H22N4O4. The van der Waals surface area contributed by atoms with E-state index in [0.717, 1.165) is 5.69 Å². The van der Waals surface area contributed by atoms with E-state index in [-0.39, 0.29) is 24.5 Å². The zero-order valence-electron chi connectivity index (χ0n) is 13.2. The molecule has 2 rings (SSSR count). The number of nitrogens with one attached hydrogen (secondary N) is 1. The molecule has 2 amide bonds. The number of amides is 2. The van der Waals surface area contributed by atoms with Gasteiger partial charge in [-0.1, -0.05) is 0 Å². The van der Waals surface area contributed by atoms with Crippen molar-refractivity contribution in [3.05, 3.63) is 17.5 Å². The third kappa shape index (κ3) is 4.05. The number of aromatic nitrogens is 2. The van der Waals surface area contributed by atoms with Crippen LogP contribution in [-0.4, -0.2) is 72.6 Å². The molecule has 1 atom stereocenters. The Morgan fingerprint density at radius 3 is 3.00 bits per heavy atom. The van der Waals surface area contributed by atoms with Crippen LogP contribution in [0.3, 0.4) is 0 Å². The number of morpholine rings is 1. The van der Waals surface area contributed by atoms with Crippen LogP contribution in [0.4, 0.5) is 0 Å². The fraction of sp³-hybridized carbons (Fsp3) is 0.643. The average molecular weight is 310 g/mol. The highest BCUT2D eigenvalue weighted by Gasteiger charge is 2.26. The molecule has 1 aliphatic heterocycles. The second-order valence-corrected chi connectivity index (χ2v) is 5.27. The number of nitrogens with zero attached hydrogens (tertiary/aromatic N) is 3. The largest absolute Gasteiger partial charge is 0.383 e. The number of aryl methyl sites for hydroxylation is 2. The summed E-state index contributed by atoms with van der Waals surface area (Å²) in [4.78, 5) is 25.4. The predicted molar refractivity (Wildman–Crippen MR) is 78.5 cm³/mol. The summed E-state index contributed by atoms with van der Waals surface area (Å²) in [5, 5.41) is 6.92. The van der Waals surface area contributed by atoms with E-state index in [1.165, 1.54) is 0 Å². The fourth-order valence-electron chi connectivity index (χ4n) is 2.19. The van der Waals surface area contributed by atoms with E-state index in [1.54, 1.807) is 29.8 Å². The maximum Gasteiger partial charge on any atom is 0.271 e. The summed E-state index contributed by atoms with van der Waals surface area (Å²) in [5.41, 5.74) is 1.29. The molecule has 1 unspecified atom stereocenters. The molecule has 0 radical (unpaired) electrons. The highest BCUT2D eigenvalue weighted by Crippen LogP contribution is 2.06. The van der Waals surface area contributed by atoms with Gasteiger partial charge in [-0.15, -0.1) is 0 Å². The summed E-state index contributed by atoms with van der Waals surface area (Å²) < 4.78 is 12.1. The lowest BCUT2D eigenvalue weighted by atomic mass is 10.2. The number of carbonyl (C=O) groups excluding carboxylic acids is 2. The minimum atomic E-state index is -0.243. The van der Waals surface area contributed by atoms with E-state index in [9.17, 15) is 9.59 Å². The minimum absolute atomic E-state index is 0.0347. The Morgan fingerprint density at radius 2 is 2.36 bits per heavy atom.